The standard InChI is InChI=1S/C41H37BN4O/c1-40(2,3)30-25-32(27-18-12-8-13-19-27)43-36-35(30)46(29-20-14-9-15-21-29)37-34-38(45-39(44-37)41(4,5)6)47-33-23-22-28(24-31(33)42(34)36)26-16-10-7-11-17-26/h7-25H,1-6H3. The van der Waals surface area contributed by atoms with Crippen LogP contribution in [0.3, 0.4) is 0 Å². The summed E-state index contributed by atoms with van der Waals surface area (Å²) in [4.78, 5) is 18.4. The molecule has 6 heteroatoms. The maximum Gasteiger partial charge on any atom is 0.284 e. The Morgan fingerprint density at radius 1 is 0.617 bits per heavy atom. The Morgan fingerprint density at radius 2 is 1.26 bits per heavy atom. The number of aromatic nitrogens is 3. The second-order valence-corrected chi connectivity index (χ2v) is 14.6. The summed E-state index contributed by atoms with van der Waals surface area (Å²) < 4.78 is 6.76. The molecule has 0 amide bonds. The molecule has 47 heavy (non-hydrogen) atoms. The molecule has 0 bridgehead atoms. The van der Waals surface area contributed by atoms with Gasteiger partial charge in [0.15, 0.2) is 0 Å². The Morgan fingerprint density at radius 3 is 1.89 bits per heavy atom. The molecule has 0 atom stereocenters. The van der Waals surface area contributed by atoms with Gasteiger partial charge >= 0.3 is 0 Å². The van der Waals surface area contributed by atoms with E-state index in [1.807, 2.05) is 0 Å². The van der Waals surface area contributed by atoms with Crippen LogP contribution in [-0.4, -0.2) is 21.7 Å². The van der Waals surface area contributed by atoms with Gasteiger partial charge in [0.1, 0.15) is 17.4 Å². The average Bonchev–Trinajstić information content (AvgIpc) is 3.07. The summed E-state index contributed by atoms with van der Waals surface area (Å²) in [7, 11) is 0. The summed E-state index contributed by atoms with van der Waals surface area (Å²) >= 11 is 0. The van der Waals surface area contributed by atoms with Crippen LogP contribution in [0.25, 0.3) is 22.4 Å². The van der Waals surface area contributed by atoms with E-state index in [2.05, 4.69) is 162 Å². The number of rotatable bonds is 3. The van der Waals surface area contributed by atoms with Crippen LogP contribution in [0.4, 0.5) is 17.2 Å². The molecule has 2 aliphatic rings. The van der Waals surface area contributed by atoms with Crippen molar-refractivity contribution in [2.24, 2.45) is 0 Å². The predicted octanol–water partition coefficient (Wildman–Crippen LogP) is 8.21. The van der Waals surface area contributed by atoms with Crippen LogP contribution < -0.4 is 26.2 Å². The van der Waals surface area contributed by atoms with Gasteiger partial charge < -0.3 is 4.74 Å². The topological polar surface area (TPSA) is 51.1 Å². The highest BCUT2D eigenvalue weighted by Crippen LogP contribution is 2.45. The zero-order valence-corrected chi connectivity index (χ0v) is 27.7. The first-order valence-corrected chi connectivity index (χ1v) is 16.3. The van der Waals surface area contributed by atoms with Crippen LogP contribution in [0, 0.1) is 0 Å². The number of para-hydroxylation sites is 1. The maximum atomic E-state index is 6.76. The van der Waals surface area contributed by atoms with E-state index in [4.69, 9.17) is 19.7 Å². The van der Waals surface area contributed by atoms with Gasteiger partial charge in [-0.25, -0.2) is 4.98 Å². The molecule has 5 nitrogen and oxygen atoms in total. The van der Waals surface area contributed by atoms with E-state index in [1.165, 1.54) is 5.56 Å². The van der Waals surface area contributed by atoms with Crippen molar-refractivity contribution in [3.05, 3.63) is 127 Å². The molecule has 0 unspecified atom stereocenters. The van der Waals surface area contributed by atoms with Crippen LogP contribution in [0.1, 0.15) is 52.9 Å². The Bertz CT molecular complexity index is 2140. The summed E-state index contributed by atoms with van der Waals surface area (Å²) in [6, 6.07) is 40.3. The van der Waals surface area contributed by atoms with Gasteiger partial charge in [-0.2, -0.15) is 4.98 Å². The fourth-order valence-corrected chi connectivity index (χ4v) is 6.75. The third-order valence-electron chi connectivity index (χ3n) is 9.11. The monoisotopic (exact) mass is 612 g/mol. The SMILES string of the molecule is CC(C)(C)c1nc2c3c(n1)N(c1ccccc1)c1c(C(C)(C)C)cc(-c4ccccc4)nc1B3c1cc(-c3ccccc3)ccc1O2. The number of ether oxygens (including phenoxy) is 1. The van der Waals surface area contributed by atoms with Gasteiger partial charge in [0.2, 0.25) is 5.88 Å². The normalized spacial score (nSPS) is 13.4. The lowest BCUT2D eigenvalue weighted by Crippen LogP contribution is -2.62. The second-order valence-electron chi connectivity index (χ2n) is 14.6. The third kappa shape index (κ3) is 4.91. The fraction of sp³-hybridized carbons (Fsp3) is 0.195. The van der Waals surface area contributed by atoms with Crippen molar-refractivity contribution in [1.29, 1.82) is 0 Å². The van der Waals surface area contributed by atoms with Crippen molar-refractivity contribution < 1.29 is 4.74 Å². The van der Waals surface area contributed by atoms with E-state index in [0.717, 1.165) is 67.7 Å². The molecular formula is C41H37BN4O. The van der Waals surface area contributed by atoms with Crippen molar-refractivity contribution >= 4 is 40.4 Å². The predicted molar refractivity (Wildman–Crippen MR) is 194 cm³/mol. The molecule has 0 saturated heterocycles. The molecule has 4 aromatic carbocycles. The molecular weight excluding hydrogens is 575 g/mol. The number of hydrogen-bond acceptors (Lipinski definition) is 5. The summed E-state index contributed by atoms with van der Waals surface area (Å²) in [6.45, 7) is 13.1. The van der Waals surface area contributed by atoms with Crippen molar-refractivity contribution in [2.75, 3.05) is 4.90 Å². The Hall–Kier alpha value is -5.23. The molecule has 2 aromatic heterocycles. The minimum absolute atomic E-state index is 0.205. The number of anilines is 3. The summed E-state index contributed by atoms with van der Waals surface area (Å²) in [5.41, 5.74) is 10.1. The maximum absolute atomic E-state index is 6.76. The number of pyridine rings is 1. The van der Waals surface area contributed by atoms with Crippen LogP contribution in [-0.2, 0) is 10.8 Å². The van der Waals surface area contributed by atoms with E-state index in [1.54, 1.807) is 0 Å². The zero-order chi connectivity index (χ0) is 32.5. The number of nitrogens with zero attached hydrogens (tertiary/aromatic N) is 4. The third-order valence-corrected chi connectivity index (χ3v) is 9.11. The van der Waals surface area contributed by atoms with Gasteiger partial charge in [-0.05, 0) is 51.8 Å². The van der Waals surface area contributed by atoms with Gasteiger partial charge in [0, 0.05) is 27.7 Å². The van der Waals surface area contributed by atoms with Crippen LogP contribution >= 0.6 is 0 Å². The van der Waals surface area contributed by atoms with E-state index in [-0.39, 0.29) is 17.5 Å². The summed E-state index contributed by atoms with van der Waals surface area (Å²) in [6.07, 6.45) is 0. The van der Waals surface area contributed by atoms with Crippen molar-refractivity contribution in [2.45, 2.75) is 52.4 Å². The van der Waals surface area contributed by atoms with Crippen LogP contribution in [0.5, 0.6) is 11.6 Å². The van der Waals surface area contributed by atoms with Crippen molar-refractivity contribution in [3.63, 3.8) is 0 Å². The van der Waals surface area contributed by atoms with Crippen LogP contribution in [0.15, 0.2) is 115 Å². The molecule has 0 spiro atoms. The van der Waals surface area contributed by atoms with Crippen molar-refractivity contribution in [3.8, 4) is 34.0 Å². The van der Waals surface area contributed by atoms with Crippen molar-refractivity contribution in [1.82, 2.24) is 15.0 Å². The quantitative estimate of drug-likeness (QED) is 0.188. The molecule has 6 aromatic rings. The van der Waals surface area contributed by atoms with E-state index in [9.17, 15) is 0 Å². The Kier molecular flexibility index (Phi) is 6.62. The molecule has 4 heterocycles. The molecule has 0 radical (unpaired) electrons. The number of fused-ring (bicyclic) bond motifs is 4. The second kappa shape index (κ2) is 10.7. The minimum atomic E-state index is -0.299. The first-order chi connectivity index (χ1) is 22.6. The molecule has 0 N–H and O–H groups in total. The highest BCUT2D eigenvalue weighted by molar-refractivity contribution is 6.98. The highest BCUT2D eigenvalue weighted by atomic mass is 16.5. The van der Waals surface area contributed by atoms with Gasteiger partial charge in [0.05, 0.1) is 11.4 Å². The molecule has 0 aliphatic carbocycles. The van der Waals surface area contributed by atoms with Gasteiger partial charge in [0.25, 0.3) is 6.71 Å². The largest absolute Gasteiger partial charge is 0.440 e. The van der Waals surface area contributed by atoms with E-state index >= 15 is 0 Å². The highest BCUT2D eigenvalue weighted by Gasteiger charge is 2.47. The van der Waals surface area contributed by atoms with E-state index < -0.39 is 0 Å². The number of benzene rings is 4. The number of hydrogen-bond donors (Lipinski definition) is 0. The fourth-order valence-electron chi connectivity index (χ4n) is 6.75. The summed E-state index contributed by atoms with van der Waals surface area (Å²) in [5.74, 6) is 2.99. The van der Waals surface area contributed by atoms with Gasteiger partial charge in [-0.1, -0.05) is 133 Å². The molecule has 8 rings (SSSR count). The van der Waals surface area contributed by atoms with Gasteiger partial charge in [-0.3, -0.25) is 9.88 Å². The molecule has 0 fully saturated rings. The minimum Gasteiger partial charge on any atom is -0.440 e. The Balaban J connectivity index is 1.51. The lowest BCUT2D eigenvalue weighted by molar-refractivity contribution is 0.450. The smallest absolute Gasteiger partial charge is 0.284 e. The lowest BCUT2D eigenvalue weighted by Gasteiger charge is -2.41. The zero-order valence-electron chi connectivity index (χ0n) is 27.7. The molecule has 230 valence electrons. The summed E-state index contributed by atoms with van der Waals surface area (Å²) in [5, 5.41) is 0. The molecule has 0 saturated carbocycles. The lowest BCUT2D eigenvalue weighted by atomic mass is 9.36. The average molecular weight is 613 g/mol. The van der Waals surface area contributed by atoms with Crippen LogP contribution in [0.2, 0.25) is 0 Å². The Labute approximate surface area is 277 Å². The first-order valence-electron chi connectivity index (χ1n) is 16.3. The molecule has 2 aliphatic heterocycles. The van der Waals surface area contributed by atoms with Gasteiger partial charge in [-0.15, -0.1) is 0 Å². The first kappa shape index (κ1) is 29.2. The van der Waals surface area contributed by atoms with E-state index in [0.29, 0.717) is 5.88 Å².